The van der Waals surface area contributed by atoms with Gasteiger partial charge < -0.3 is 14.4 Å². The van der Waals surface area contributed by atoms with Crippen LogP contribution in [0.1, 0.15) is 24.6 Å². The number of hydrogen-bond donors (Lipinski definition) is 0. The molecule has 7 heteroatoms. The van der Waals surface area contributed by atoms with Crippen LogP contribution >= 0.6 is 0 Å². The minimum absolute atomic E-state index is 0.00907. The molecule has 120 valence electrons. The molecule has 4 heterocycles. The molecule has 23 heavy (non-hydrogen) atoms. The zero-order valence-corrected chi connectivity index (χ0v) is 12.9. The zero-order chi connectivity index (χ0) is 15.5. The van der Waals surface area contributed by atoms with Gasteiger partial charge in [0.05, 0.1) is 30.8 Å². The van der Waals surface area contributed by atoms with E-state index in [0.717, 1.165) is 55.4 Å². The Kier molecular flexibility index (Phi) is 4.12. The third kappa shape index (κ3) is 3.02. The number of hydrogen-bond acceptors (Lipinski definition) is 7. The molecule has 4 rings (SSSR count). The Balaban J connectivity index is 1.73. The third-order valence-corrected chi connectivity index (χ3v) is 4.17. The second-order valence-corrected chi connectivity index (χ2v) is 5.66. The molecule has 2 fully saturated rings. The van der Waals surface area contributed by atoms with Gasteiger partial charge in [-0.05, 0) is 12.8 Å². The van der Waals surface area contributed by atoms with Gasteiger partial charge in [-0.15, -0.1) is 0 Å². The number of ether oxygens (including phenoxy) is 2. The van der Waals surface area contributed by atoms with Crippen molar-refractivity contribution in [3.05, 3.63) is 30.5 Å². The first-order chi connectivity index (χ1) is 11.4. The summed E-state index contributed by atoms with van der Waals surface area (Å²) in [4.78, 5) is 20.1. The van der Waals surface area contributed by atoms with Crippen LogP contribution < -0.4 is 4.90 Å². The van der Waals surface area contributed by atoms with Crippen LogP contribution in [0.3, 0.4) is 0 Å². The molecule has 2 aromatic rings. The number of rotatable bonds is 3. The smallest absolute Gasteiger partial charge is 0.225 e. The highest BCUT2D eigenvalue weighted by atomic mass is 16.5. The van der Waals surface area contributed by atoms with Crippen LogP contribution in [-0.4, -0.2) is 52.8 Å². The van der Waals surface area contributed by atoms with Crippen molar-refractivity contribution in [2.45, 2.75) is 18.9 Å². The van der Waals surface area contributed by atoms with E-state index in [1.165, 1.54) is 0 Å². The van der Waals surface area contributed by atoms with Crippen molar-refractivity contribution in [3.8, 4) is 11.3 Å². The van der Waals surface area contributed by atoms with Gasteiger partial charge in [-0.25, -0.2) is 9.97 Å². The Labute approximate surface area is 134 Å². The van der Waals surface area contributed by atoms with Crippen molar-refractivity contribution < 1.29 is 9.47 Å². The Morgan fingerprint density at radius 1 is 1.04 bits per heavy atom. The molecule has 0 radical (unpaired) electrons. The number of anilines is 1. The molecule has 7 nitrogen and oxygen atoms in total. The number of aromatic nitrogens is 4. The summed E-state index contributed by atoms with van der Waals surface area (Å²) in [5.74, 6) is 0.742. The summed E-state index contributed by atoms with van der Waals surface area (Å²) >= 11 is 0. The lowest BCUT2D eigenvalue weighted by Crippen LogP contribution is -2.37. The van der Waals surface area contributed by atoms with Gasteiger partial charge in [0.1, 0.15) is 6.10 Å². The average molecular weight is 313 g/mol. The van der Waals surface area contributed by atoms with Gasteiger partial charge in [-0.1, -0.05) is 0 Å². The quantitative estimate of drug-likeness (QED) is 0.852. The summed E-state index contributed by atoms with van der Waals surface area (Å²) in [6.45, 7) is 3.83. The second kappa shape index (κ2) is 6.55. The fourth-order valence-corrected chi connectivity index (χ4v) is 2.98. The van der Waals surface area contributed by atoms with Gasteiger partial charge in [0.25, 0.3) is 0 Å². The maximum absolute atomic E-state index is 5.86. The molecule has 0 amide bonds. The Morgan fingerprint density at radius 2 is 1.96 bits per heavy atom. The van der Waals surface area contributed by atoms with E-state index in [4.69, 9.17) is 14.5 Å². The monoisotopic (exact) mass is 313 g/mol. The summed E-state index contributed by atoms with van der Waals surface area (Å²) in [7, 11) is 0. The van der Waals surface area contributed by atoms with E-state index >= 15 is 0 Å². The van der Waals surface area contributed by atoms with Gasteiger partial charge in [0, 0.05) is 43.9 Å². The largest absolute Gasteiger partial charge is 0.378 e. The summed E-state index contributed by atoms with van der Waals surface area (Å²) < 4.78 is 11.3. The molecule has 1 atom stereocenters. The molecule has 0 bridgehead atoms. The molecule has 2 aliphatic heterocycles. The van der Waals surface area contributed by atoms with Crippen molar-refractivity contribution in [2.24, 2.45) is 0 Å². The van der Waals surface area contributed by atoms with Crippen LogP contribution in [0, 0.1) is 0 Å². The van der Waals surface area contributed by atoms with Crippen LogP contribution in [0.25, 0.3) is 11.3 Å². The van der Waals surface area contributed by atoms with Gasteiger partial charge >= 0.3 is 0 Å². The minimum Gasteiger partial charge on any atom is -0.378 e. The molecular weight excluding hydrogens is 294 g/mol. The lowest BCUT2D eigenvalue weighted by Gasteiger charge is -2.27. The predicted octanol–water partition coefficient (Wildman–Crippen LogP) is 1.62. The van der Waals surface area contributed by atoms with Crippen molar-refractivity contribution in [3.63, 3.8) is 0 Å². The zero-order valence-electron chi connectivity index (χ0n) is 12.9. The molecule has 0 spiro atoms. The molecule has 0 saturated carbocycles. The highest BCUT2D eigenvalue weighted by Gasteiger charge is 2.25. The second-order valence-electron chi connectivity index (χ2n) is 5.66. The van der Waals surface area contributed by atoms with Crippen molar-refractivity contribution in [2.75, 3.05) is 37.8 Å². The fraction of sp³-hybridized carbons (Fsp3) is 0.500. The molecule has 2 aliphatic rings. The minimum atomic E-state index is 0.00907. The fourth-order valence-electron chi connectivity index (χ4n) is 2.98. The van der Waals surface area contributed by atoms with E-state index in [2.05, 4.69) is 19.9 Å². The van der Waals surface area contributed by atoms with Crippen molar-refractivity contribution >= 4 is 5.95 Å². The van der Waals surface area contributed by atoms with Crippen LogP contribution in [0.15, 0.2) is 24.8 Å². The van der Waals surface area contributed by atoms with Gasteiger partial charge in [0.2, 0.25) is 5.95 Å². The van der Waals surface area contributed by atoms with E-state index in [0.29, 0.717) is 13.2 Å². The lowest BCUT2D eigenvalue weighted by molar-refractivity contribution is 0.108. The molecule has 2 saturated heterocycles. The maximum atomic E-state index is 5.86. The first-order valence-corrected chi connectivity index (χ1v) is 7.99. The van der Waals surface area contributed by atoms with Gasteiger partial charge in [0.15, 0.2) is 0 Å². The normalized spacial score (nSPS) is 21.6. The first kappa shape index (κ1) is 14.5. The standard InChI is InChI=1S/C16H19N5O2/c1-2-14(23-7-1)15-12(13-11-17-3-4-18-13)10-19-16(20-15)21-5-8-22-9-6-21/h3-4,10-11,14H,1-2,5-9H2/t14-/m0/s1. The summed E-state index contributed by atoms with van der Waals surface area (Å²) in [5.41, 5.74) is 2.60. The number of nitrogens with zero attached hydrogens (tertiary/aromatic N) is 5. The predicted molar refractivity (Wildman–Crippen MR) is 84.0 cm³/mol. The Hall–Kier alpha value is -2.12. The van der Waals surface area contributed by atoms with E-state index in [-0.39, 0.29) is 6.10 Å². The molecule has 0 N–H and O–H groups in total. The van der Waals surface area contributed by atoms with Gasteiger partial charge in [-0.2, -0.15) is 0 Å². The van der Waals surface area contributed by atoms with Crippen LogP contribution in [0.5, 0.6) is 0 Å². The molecule has 0 aromatic carbocycles. The third-order valence-electron chi connectivity index (χ3n) is 4.17. The molecule has 0 aliphatic carbocycles. The van der Waals surface area contributed by atoms with E-state index in [1.54, 1.807) is 18.6 Å². The Bertz CT molecular complexity index is 655. The summed E-state index contributed by atoms with van der Waals surface area (Å²) in [6, 6.07) is 0. The highest BCUT2D eigenvalue weighted by molar-refractivity contribution is 5.61. The molecular formula is C16H19N5O2. The molecule has 0 unspecified atom stereocenters. The van der Waals surface area contributed by atoms with E-state index in [1.807, 2.05) is 6.20 Å². The van der Waals surface area contributed by atoms with Crippen LogP contribution in [0.2, 0.25) is 0 Å². The average Bonchev–Trinajstić information content (AvgIpc) is 3.17. The van der Waals surface area contributed by atoms with Gasteiger partial charge in [-0.3, -0.25) is 9.97 Å². The van der Waals surface area contributed by atoms with Crippen molar-refractivity contribution in [1.29, 1.82) is 0 Å². The van der Waals surface area contributed by atoms with Crippen LogP contribution in [-0.2, 0) is 9.47 Å². The first-order valence-electron chi connectivity index (χ1n) is 7.99. The van der Waals surface area contributed by atoms with Crippen LogP contribution in [0.4, 0.5) is 5.95 Å². The topological polar surface area (TPSA) is 73.3 Å². The Morgan fingerprint density at radius 3 is 2.70 bits per heavy atom. The summed E-state index contributed by atoms with van der Waals surface area (Å²) in [6.07, 6.45) is 8.98. The SMILES string of the molecule is c1cnc(-c2cnc(N3CCOCC3)nc2[C@@H]2CCCO2)cn1. The maximum Gasteiger partial charge on any atom is 0.225 e. The van der Waals surface area contributed by atoms with E-state index < -0.39 is 0 Å². The highest BCUT2D eigenvalue weighted by Crippen LogP contribution is 2.34. The lowest BCUT2D eigenvalue weighted by atomic mass is 10.1. The van der Waals surface area contributed by atoms with E-state index in [9.17, 15) is 0 Å². The number of morpholine rings is 1. The van der Waals surface area contributed by atoms with Crippen molar-refractivity contribution in [1.82, 2.24) is 19.9 Å². The molecule has 2 aromatic heterocycles. The summed E-state index contributed by atoms with van der Waals surface area (Å²) in [5, 5.41) is 0.